The Morgan fingerprint density at radius 3 is 2.70 bits per heavy atom. The van der Waals surface area contributed by atoms with Gasteiger partial charge in [-0.2, -0.15) is 4.79 Å². The van der Waals surface area contributed by atoms with Crippen LogP contribution < -0.4 is 0 Å². The first kappa shape index (κ1) is 6.11. The highest BCUT2D eigenvalue weighted by Crippen LogP contribution is 2.42. The summed E-state index contributed by atoms with van der Waals surface area (Å²) in [6.45, 7) is 0. The van der Waals surface area contributed by atoms with Gasteiger partial charge in [0.2, 0.25) is 0 Å². The van der Waals surface area contributed by atoms with Crippen molar-refractivity contribution in [2.24, 2.45) is 11.8 Å². The average molecular weight is 136 g/mol. The van der Waals surface area contributed by atoms with Gasteiger partial charge in [-0.3, -0.25) is 0 Å². The largest absolute Gasteiger partial charge is 0.362 e. The molecule has 2 saturated carbocycles. The third-order valence-corrected chi connectivity index (χ3v) is 2.98. The minimum atomic E-state index is 0.666. The summed E-state index contributed by atoms with van der Waals surface area (Å²) in [5, 5.41) is 0. The Morgan fingerprint density at radius 2 is 2.20 bits per heavy atom. The van der Waals surface area contributed by atoms with Crippen LogP contribution in [-0.4, -0.2) is 10.5 Å². The molecule has 2 nitrogen and oxygen atoms in total. The molecule has 2 aliphatic carbocycles. The molecule has 0 aromatic heterocycles. The summed E-state index contributed by atoms with van der Waals surface area (Å²) in [6.07, 6.45) is 6.27. The lowest BCUT2D eigenvalue weighted by Gasteiger charge is -2.36. The van der Waals surface area contributed by atoms with Crippen LogP contribution in [0.25, 0.3) is 5.53 Å². The van der Waals surface area contributed by atoms with Crippen molar-refractivity contribution in [1.29, 1.82) is 0 Å². The third kappa shape index (κ3) is 0.723. The summed E-state index contributed by atoms with van der Waals surface area (Å²) in [5.41, 5.74) is 9.67. The maximum Gasteiger partial charge on any atom is 0.272 e. The normalized spacial score (nSPS) is 37.8. The van der Waals surface area contributed by atoms with Crippen LogP contribution in [0.2, 0.25) is 0 Å². The highest BCUT2D eigenvalue weighted by molar-refractivity contribution is 5.83. The summed E-state index contributed by atoms with van der Waals surface area (Å²) in [7, 11) is 0. The van der Waals surface area contributed by atoms with Crippen molar-refractivity contribution in [1.82, 2.24) is 0 Å². The molecular formula is C8H12N2. The van der Waals surface area contributed by atoms with E-state index in [1.807, 2.05) is 0 Å². The van der Waals surface area contributed by atoms with Crippen LogP contribution in [0.15, 0.2) is 0 Å². The molecule has 2 fully saturated rings. The molecule has 2 aliphatic rings. The zero-order valence-electron chi connectivity index (χ0n) is 6.08. The van der Waals surface area contributed by atoms with Gasteiger partial charge < -0.3 is 5.53 Å². The van der Waals surface area contributed by atoms with E-state index in [0.717, 1.165) is 18.1 Å². The molecule has 0 aromatic rings. The summed E-state index contributed by atoms with van der Waals surface area (Å²) < 4.78 is 0. The molecule has 0 bridgehead atoms. The molecule has 54 valence electrons. The molecule has 0 radical (unpaired) electrons. The van der Waals surface area contributed by atoms with Gasteiger partial charge in [-0.05, 0) is 31.6 Å². The first-order valence-corrected chi connectivity index (χ1v) is 4.12. The molecule has 0 heterocycles. The number of rotatable bonds is 0. The predicted molar refractivity (Wildman–Crippen MR) is 38.7 cm³/mol. The maximum absolute atomic E-state index is 8.60. The van der Waals surface area contributed by atoms with Gasteiger partial charge in [-0.15, -0.1) is 0 Å². The highest BCUT2D eigenvalue weighted by Gasteiger charge is 2.41. The van der Waals surface area contributed by atoms with Gasteiger partial charge in [0.25, 0.3) is 5.71 Å². The van der Waals surface area contributed by atoms with Crippen molar-refractivity contribution in [2.45, 2.75) is 32.1 Å². The SMILES string of the molecule is [N-]=[N+]=C1CCCC2CCC12. The number of hydrogen-bond acceptors (Lipinski definition) is 0. The molecule has 0 aromatic carbocycles. The molecule has 0 N–H and O–H groups in total. The van der Waals surface area contributed by atoms with E-state index in [1.165, 1.54) is 25.7 Å². The van der Waals surface area contributed by atoms with Crippen LogP contribution in [0.1, 0.15) is 32.1 Å². The Kier molecular flexibility index (Phi) is 1.35. The first-order chi connectivity index (χ1) is 4.92. The van der Waals surface area contributed by atoms with E-state index in [-0.39, 0.29) is 0 Å². The summed E-state index contributed by atoms with van der Waals surface area (Å²) in [6, 6.07) is 0. The summed E-state index contributed by atoms with van der Waals surface area (Å²) in [4.78, 5) is 3.35. The first-order valence-electron chi connectivity index (χ1n) is 4.12. The number of nitrogens with zero attached hydrogens (tertiary/aromatic N) is 2. The van der Waals surface area contributed by atoms with Gasteiger partial charge in [-0.25, -0.2) is 0 Å². The molecule has 0 aliphatic heterocycles. The van der Waals surface area contributed by atoms with E-state index in [4.69, 9.17) is 5.53 Å². The molecule has 0 saturated heterocycles. The van der Waals surface area contributed by atoms with E-state index in [1.54, 1.807) is 0 Å². The number of fused-ring (bicyclic) bond motifs is 1. The zero-order valence-corrected chi connectivity index (χ0v) is 6.08. The molecule has 2 unspecified atom stereocenters. The molecule has 0 spiro atoms. The van der Waals surface area contributed by atoms with Crippen LogP contribution in [0.3, 0.4) is 0 Å². The quantitative estimate of drug-likeness (QED) is 0.360. The van der Waals surface area contributed by atoms with E-state index < -0.39 is 0 Å². The molecular weight excluding hydrogens is 124 g/mol. The lowest BCUT2D eigenvalue weighted by molar-refractivity contribution is -0.0304. The van der Waals surface area contributed by atoms with Gasteiger partial charge in [0.05, 0.1) is 5.92 Å². The fourth-order valence-electron chi connectivity index (χ4n) is 2.21. The van der Waals surface area contributed by atoms with Crippen LogP contribution >= 0.6 is 0 Å². The molecule has 10 heavy (non-hydrogen) atoms. The predicted octanol–water partition coefficient (Wildman–Crippen LogP) is 1.87. The van der Waals surface area contributed by atoms with Gasteiger partial charge in [0, 0.05) is 6.42 Å². The van der Waals surface area contributed by atoms with Crippen molar-refractivity contribution < 1.29 is 4.79 Å². The van der Waals surface area contributed by atoms with Crippen molar-refractivity contribution in [2.75, 3.05) is 0 Å². The Morgan fingerprint density at radius 1 is 1.30 bits per heavy atom. The third-order valence-electron chi connectivity index (χ3n) is 2.98. The monoisotopic (exact) mass is 136 g/mol. The van der Waals surface area contributed by atoms with Crippen molar-refractivity contribution in [3.05, 3.63) is 5.53 Å². The van der Waals surface area contributed by atoms with Gasteiger partial charge >= 0.3 is 0 Å². The molecule has 0 amide bonds. The van der Waals surface area contributed by atoms with Gasteiger partial charge in [0.15, 0.2) is 0 Å². The molecule has 2 rings (SSSR count). The van der Waals surface area contributed by atoms with Crippen molar-refractivity contribution in [3.63, 3.8) is 0 Å². The highest BCUT2D eigenvalue weighted by atomic mass is 14.9. The Balaban J connectivity index is 2.15. The number of hydrogen-bond donors (Lipinski definition) is 0. The van der Waals surface area contributed by atoms with Crippen LogP contribution in [-0.2, 0) is 0 Å². The van der Waals surface area contributed by atoms with E-state index in [2.05, 4.69) is 4.79 Å². The van der Waals surface area contributed by atoms with Crippen LogP contribution in [0.4, 0.5) is 0 Å². The van der Waals surface area contributed by atoms with E-state index >= 15 is 0 Å². The second-order valence-electron chi connectivity index (χ2n) is 3.43. The Labute approximate surface area is 60.9 Å². The average Bonchev–Trinajstić information content (AvgIpc) is 1.91. The Bertz CT molecular complexity index is 191. The lowest BCUT2D eigenvalue weighted by Crippen LogP contribution is -2.36. The minimum Gasteiger partial charge on any atom is -0.362 e. The van der Waals surface area contributed by atoms with Crippen molar-refractivity contribution in [3.8, 4) is 0 Å². The fraction of sp³-hybridized carbons (Fsp3) is 0.875. The van der Waals surface area contributed by atoms with Crippen LogP contribution in [0.5, 0.6) is 0 Å². The maximum atomic E-state index is 8.60. The second kappa shape index (κ2) is 2.21. The second-order valence-corrected chi connectivity index (χ2v) is 3.43. The molecule has 2 heteroatoms. The topological polar surface area (TPSA) is 36.4 Å². The lowest BCUT2D eigenvalue weighted by atomic mass is 9.65. The fourth-order valence-corrected chi connectivity index (χ4v) is 2.21. The minimum absolute atomic E-state index is 0.666. The van der Waals surface area contributed by atoms with Crippen molar-refractivity contribution >= 4 is 5.71 Å². The standard InChI is InChI=1S/C8H12N2/c9-10-8-3-1-2-6-4-5-7(6)8/h6-7H,1-5H2. The Hall–Kier alpha value is -0.620. The summed E-state index contributed by atoms with van der Waals surface area (Å²) >= 11 is 0. The summed E-state index contributed by atoms with van der Waals surface area (Å²) in [5.74, 6) is 1.54. The van der Waals surface area contributed by atoms with Crippen LogP contribution in [0, 0.1) is 11.8 Å². The van der Waals surface area contributed by atoms with Gasteiger partial charge in [-0.1, -0.05) is 0 Å². The van der Waals surface area contributed by atoms with Gasteiger partial charge in [0.1, 0.15) is 0 Å². The van der Waals surface area contributed by atoms with E-state index in [0.29, 0.717) is 5.92 Å². The van der Waals surface area contributed by atoms with E-state index in [9.17, 15) is 0 Å². The molecule has 2 atom stereocenters. The smallest absolute Gasteiger partial charge is 0.272 e. The zero-order chi connectivity index (χ0) is 6.97.